The number of nitrogens with zero attached hydrogens (tertiary/aromatic N) is 1. The van der Waals surface area contributed by atoms with Gasteiger partial charge in [0, 0.05) is 17.3 Å². The highest BCUT2D eigenvalue weighted by Crippen LogP contribution is 2.47. The van der Waals surface area contributed by atoms with Crippen LogP contribution in [-0.2, 0) is 43.7 Å². The third-order valence-corrected chi connectivity index (χ3v) is 10.9. The number of carbonyl (C=O) groups excluding carboxylic acids is 2. The van der Waals surface area contributed by atoms with Crippen molar-refractivity contribution in [2.75, 3.05) is 17.6 Å². The number of esters is 1. The van der Waals surface area contributed by atoms with Crippen LogP contribution in [0.1, 0.15) is 79.7 Å². The van der Waals surface area contributed by atoms with Gasteiger partial charge in [-0.15, -0.1) is 0 Å². The third kappa shape index (κ3) is 5.01. The zero-order chi connectivity index (χ0) is 28.8. The quantitative estimate of drug-likeness (QED) is 0.405. The molecule has 12 heteroatoms. The van der Waals surface area contributed by atoms with Crippen molar-refractivity contribution in [2.45, 2.75) is 89.0 Å². The van der Waals surface area contributed by atoms with E-state index in [1.54, 1.807) is 6.07 Å². The third-order valence-electron chi connectivity index (χ3n) is 8.84. The highest BCUT2D eigenvalue weighted by Gasteiger charge is 2.45. The lowest BCUT2D eigenvalue weighted by Crippen LogP contribution is -2.37. The zero-order valence-electron chi connectivity index (χ0n) is 22.9. The number of halogens is 1. The Kier molecular flexibility index (Phi) is 7.71. The molecule has 0 atom stereocenters. The number of nitrogens with two attached hydrogens (primary N) is 2. The van der Waals surface area contributed by atoms with Gasteiger partial charge >= 0.3 is 5.97 Å². The molecule has 0 spiro atoms. The number of hydrogen-bond acceptors (Lipinski definition) is 8. The Morgan fingerprint density at radius 2 is 1.85 bits per heavy atom. The van der Waals surface area contributed by atoms with Gasteiger partial charge in [-0.2, -0.15) is 0 Å². The number of benzene rings is 1. The van der Waals surface area contributed by atoms with E-state index in [-0.39, 0.29) is 48.9 Å². The molecule has 218 valence electrons. The predicted octanol–water partition coefficient (Wildman–Crippen LogP) is 3.11. The standard InChI is InChI=1S/C28H37FN4O6S/c1-3-28(4-2)11-22-26(40(36,37)15-28)19-13-38-14-23(19)33(22)17-9-20(29)25(27(31)35)21(10-17)32-16-5-7-18(8-6-16)39-24(34)12-30/h9-10,16,18,32H,3-8,11-15,30H2,1-2H3,(H2,31,35). The molecule has 2 aromatic rings. The minimum atomic E-state index is -3.59. The van der Waals surface area contributed by atoms with E-state index in [4.69, 9.17) is 20.9 Å². The summed E-state index contributed by atoms with van der Waals surface area (Å²) >= 11 is 0. The fourth-order valence-electron chi connectivity index (χ4n) is 6.54. The highest BCUT2D eigenvalue weighted by molar-refractivity contribution is 7.91. The zero-order valence-corrected chi connectivity index (χ0v) is 23.7. The highest BCUT2D eigenvalue weighted by atomic mass is 32.2. The minimum Gasteiger partial charge on any atom is -0.461 e. The van der Waals surface area contributed by atoms with Crippen molar-refractivity contribution >= 4 is 27.4 Å². The number of nitrogens with one attached hydrogen (secondary N) is 1. The lowest BCUT2D eigenvalue weighted by Gasteiger charge is -2.36. The summed E-state index contributed by atoms with van der Waals surface area (Å²) < 4.78 is 55.6. The van der Waals surface area contributed by atoms with E-state index in [2.05, 4.69) is 5.32 Å². The molecule has 2 aliphatic heterocycles. The van der Waals surface area contributed by atoms with Crippen molar-refractivity contribution in [3.8, 4) is 5.69 Å². The molecule has 0 bridgehead atoms. The number of hydrogen-bond donors (Lipinski definition) is 3. The van der Waals surface area contributed by atoms with Crippen molar-refractivity contribution in [1.29, 1.82) is 0 Å². The second kappa shape index (κ2) is 10.8. The number of sulfone groups is 1. The van der Waals surface area contributed by atoms with Crippen LogP contribution >= 0.6 is 0 Å². The molecule has 5 rings (SSSR count). The average molecular weight is 577 g/mol. The van der Waals surface area contributed by atoms with Crippen LogP contribution in [0.3, 0.4) is 0 Å². The summed E-state index contributed by atoms with van der Waals surface area (Å²) in [5, 5.41) is 3.30. The van der Waals surface area contributed by atoms with E-state index in [9.17, 15) is 18.0 Å². The molecule has 1 aromatic heterocycles. The van der Waals surface area contributed by atoms with E-state index < -0.39 is 32.9 Å². The lowest BCUT2D eigenvalue weighted by molar-refractivity contribution is -0.148. The molecule has 1 aromatic carbocycles. The van der Waals surface area contributed by atoms with Gasteiger partial charge < -0.3 is 30.8 Å². The fraction of sp³-hybridized carbons (Fsp3) is 0.571. The van der Waals surface area contributed by atoms with Gasteiger partial charge in [0.15, 0.2) is 9.84 Å². The first kappa shape index (κ1) is 28.6. The summed E-state index contributed by atoms with van der Waals surface area (Å²) in [5.74, 6) is -2.07. The number of anilines is 1. The average Bonchev–Trinajstić information content (AvgIpc) is 3.48. The van der Waals surface area contributed by atoms with Crippen LogP contribution in [-0.4, -0.2) is 49.3 Å². The Hall–Kier alpha value is -2.96. The SMILES string of the molecule is CCC1(CC)Cc2c(c3c(n2-c2cc(F)c(C(N)=O)c(NC4CCC(OC(=O)CN)CC4)c2)COC3)S(=O)(=O)C1. The Bertz CT molecular complexity index is 1440. The molecular formula is C28H37FN4O6S. The normalized spacial score (nSPS) is 22.8. The lowest BCUT2D eigenvalue weighted by atomic mass is 9.79. The number of fused-ring (bicyclic) bond motifs is 3. The summed E-state index contributed by atoms with van der Waals surface area (Å²) in [4.78, 5) is 24.2. The maximum absolute atomic E-state index is 15.6. The molecule has 3 aliphatic rings. The first-order chi connectivity index (χ1) is 19.0. The molecular weight excluding hydrogens is 539 g/mol. The summed E-state index contributed by atoms with van der Waals surface area (Å²) in [6, 6.07) is 2.80. The van der Waals surface area contributed by atoms with Crippen molar-refractivity contribution in [3.05, 3.63) is 40.5 Å². The molecule has 10 nitrogen and oxygen atoms in total. The summed E-state index contributed by atoms with van der Waals surface area (Å²) in [6.07, 6.45) is 4.14. The predicted molar refractivity (Wildman–Crippen MR) is 146 cm³/mol. The van der Waals surface area contributed by atoms with Gasteiger partial charge in [-0.25, -0.2) is 12.8 Å². The largest absolute Gasteiger partial charge is 0.461 e. The van der Waals surface area contributed by atoms with E-state index in [0.717, 1.165) is 0 Å². The minimum absolute atomic E-state index is 0.0709. The molecule has 1 fully saturated rings. The Labute approximate surface area is 233 Å². The van der Waals surface area contributed by atoms with Crippen molar-refractivity contribution in [1.82, 2.24) is 4.57 Å². The molecule has 0 radical (unpaired) electrons. The van der Waals surface area contributed by atoms with E-state index >= 15 is 4.39 Å². The van der Waals surface area contributed by atoms with Crippen LogP contribution in [0.5, 0.6) is 0 Å². The van der Waals surface area contributed by atoms with E-state index in [1.807, 2.05) is 18.4 Å². The van der Waals surface area contributed by atoms with Crippen LogP contribution in [0, 0.1) is 11.2 Å². The first-order valence-corrected chi connectivity index (χ1v) is 15.5. The molecule has 0 unspecified atom stereocenters. The summed E-state index contributed by atoms with van der Waals surface area (Å²) in [6.45, 7) is 4.21. The maximum Gasteiger partial charge on any atom is 0.319 e. The molecule has 1 saturated carbocycles. The molecule has 3 heterocycles. The van der Waals surface area contributed by atoms with E-state index in [0.29, 0.717) is 72.5 Å². The van der Waals surface area contributed by atoms with Crippen LogP contribution in [0.25, 0.3) is 5.69 Å². The van der Waals surface area contributed by atoms with Gasteiger partial charge in [0.2, 0.25) is 0 Å². The second-order valence-electron chi connectivity index (χ2n) is 11.2. The summed E-state index contributed by atoms with van der Waals surface area (Å²) in [7, 11) is -3.59. The second-order valence-corrected chi connectivity index (χ2v) is 13.1. The molecule has 1 amide bonds. The van der Waals surface area contributed by atoms with E-state index in [1.165, 1.54) is 6.07 Å². The Morgan fingerprint density at radius 1 is 1.15 bits per heavy atom. The number of aromatic nitrogens is 1. The number of ether oxygens (including phenoxy) is 2. The van der Waals surface area contributed by atoms with Gasteiger partial charge in [0.1, 0.15) is 11.9 Å². The number of amides is 1. The van der Waals surface area contributed by atoms with Crippen LogP contribution in [0.4, 0.5) is 10.1 Å². The van der Waals surface area contributed by atoms with Gasteiger partial charge in [-0.05, 0) is 62.5 Å². The van der Waals surface area contributed by atoms with Crippen molar-refractivity contribution in [3.63, 3.8) is 0 Å². The topological polar surface area (TPSA) is 156 Å². The number of rotatable bonds is 8. The molecule has 1 aliphatic carbocycles. The Balaban J connectivity index is 1.55. The van der Waals surface area contributed by atoms with Crippen molar-refractivity contribution < 1.29 is 31.9 Å². The van der Waals surface area contributed by atoms with Gasteiger partial charge in [0.25, 0.3) is 5.91 Å². The van der Waals surface area contributed by atoms with Gasteiger partial charge in [-0.3, -0.25) is 9.59 Å². The first-order valence-electron chi connectivity index (χ1n) is 13.9. The number of carbonyl (C=O) groups is 2. The van der Waals surface area contributed by atoms with Gasteiger partial charge in [-0.1, -0.05) is 13.8 Å². The smallest absolute Gasteiger partial charge is 0.319 e. The molecule has 40 heavy (non-hydrogen) atoms. The molecule has 0 saturated heterocycles. The van der Waals surface area contributed by atoms with Crippen molar-refractivity contribution in [2.24, 2.45) is 16.9 Å². The maximum atomic E-state index is 15.6. The van der Waals surface area contributed by atoms with Crippen LogP contribution < -0.4 is 16.8 Å². The van der Waals surface area contributed by atoms with Crippen LogP contribution in [0.2, 0.25) is 0 Å². The fourth-order valence-corrected chi connectivity index (χ4v) is 9.08. The van der Waals surface area contributed by atoms with Gasteiger partial charge in [0.05, 0.1) is 53.0 Å². The molecule has 5 N–H and O–H groups in total. The number of primary amides is 1. The summed E-state index contributed by atoms with van der Waals surface area (Å²) in [5.41, 5.74) is 12.9. The van der Waals surface area contributed by atoms with Crippen LogP contribution in [0.15, 0.2) is 17.0 Å². The monoisotopic (exact) mass is 576 g/mol. The Morgan fingerprint density at radius 3 is 2.48 bits per heavy atom.